The standard InChI is InChI=1S/2C8H16.2C8H14.2C7H14O.CH4.FH/c4*1-7-3-5-8(2)6-4-7;2*1-6-3-4-7(2)8-5-6;;/h2*7-8H,3-6H2,1-2H3;2*3,8H,4-6H2,1-2H3;2*6-7H,3-5H2,1-2H3;1H4;1H. The average molecular weight is 709 g/mol. The van der Waals surface area contributed by atoms with Crippen molar-refractivity contribution in [2.24, 2.45) is 47.3 Å². The van der Waals surface area contributed by atoms with Crippen molar-refractivity contribution in [2.75, 3.05) is 13.2 Å². The minimum Gasteiger partial charge on any atom is -0.378 e. The van der Waals surface area contributed by atoms with Crippen LogP contribution in [0.25, 0.3) is 0 Å². The van der Waals surface area contributed by atoms with Crippen molar-refractivity contribution < 1.29 is 14.2 Å². The third-order valence-electron chi connectivity index (χ3n) is 11.9. The molecule has 300 valence electrons. The molecule has 6 rings (SSSR count). The van der Waals surface area contributed by atoms with Crippen molar-refractivity contribution in [3.8, 4) is 0 Å². The molecule has 0 spiro atoms. The molecular weight excluding hydrogens is 616 g/mol. The minimum atomic E-state index is 0. The lowest BCUT2D eigenvalue weighted by Crippen LogP contribution is -2.21. The van der Waals surface area contributed by atoms with E-state index in [0.717, 1.165) is 60.6 Å². The van der Waals surface area contributed by atoms with Crippen molar-refractivity contribution in [3.63, 3.8) is 0 Å². The lowest BCUT2D eigenvalue weighted by molar-refractivity contribution is 0.000174. The first kappa shape index (κ1) is 51.4. The summed E-state index contributed by atoms with van der Waals surface area (Å²) in [4.78, 5) is 0. The van der Waals surface area contributed by atoms with Crippen molar-refractivity contribution in [2.45, 2.75) is 218 Å². The summed E-state index contributed by atoms with van der Waals surface area (Å²) in [6, 6.07) is 0. The molecule has 0 aromatic heterocycles. The fourth-order valence-electron chi connectivity index (χ4n) is 7.08. The van der Waals surface area contributed by atoms with Crippen LogP contribution in [0, 0.1) is 47.3 Å². The molecule has 2 saturated carbocycles. The minimum absolute atomic E-state index is 0. The van der Waals surface area contributed by atoms with Crippen LogP contribution in [0.5, 0.6) is 0 Å². The lowest BCUT2D eigenvalue weighted by Gasteiger charge is -2.23. The van der Waals surface area contributed by atoms with Crippen LogP contribution in [0.4, 0.5) is 4.70 Å². The van der Waals surface area contributed by atoms with E-state index in [-0.39, 0.29) is 12.1 Å². The molecule has 6 atom stereocenters. The van der Waals surface area contributed by atoms with E-state index in [1.54, 1.807) is 11.1 Å². The van der Waals surface area contributed by atoms with Gasteiger partial charge in [-0.2, -0.15) is 0 Å². The molecule has 4 aliphatic carbocycles. The van der Waals surface area contributed by atoms with Gasteiger partial charge in [-0.25, -0.2) is 0 Å². The summed E-state index contributed by atoms with van der Waals surface area (Å²) in [6.07, 6.45) is 30.9. The molecule has 2 nitrogen and oxygen atoms in total. The van der Waals surface area contributed by atoms with Crippen LogP contribution in [-0.2, 0) is 9.47 Å². The van der Waals surface area contributed by atoms with Gasteiger partial charge in [-0.15, -0.1) is 0 Å². The Balaban J connectivity index is 0. The predicted octanol–water partition coefficient (Wildman–Crippen LogP) is 15.6. The number of allylic oxidation sites excluding steroid dienone is 4. The third kappa shape index (κ3) is 28.9. The molecule has 0 radical (unpaired) electrons. The Morgan fingerprint density at radius 1 is 0.380 bits per heavy atom. The second-order valence-electron chi connectivity index (χ2n) is 18.2. The Morgan fingerprint density at radius 2 is 0.640 bits per heavy atom. The highest BCUT2D eigenvalue weighted by Gasteiger charge is 2.15. The normalized spacial score (nSPS) is 35.0. The molecule has 2 heterocycles. The van der Waals surface area contributed by atoms with Gasteiger partial charge < -0.3 is 9.47 Å². The maximum absolute atomic E-state index is 5.39. The van der Waals surface area contributed by atoms with Crippen LogP contribution in [0.1, 0.15) is 206 Å². The van der Waals surface area contributed by atoms with Crippen LogP contribution in [0.15, 0.2) is 23.3 Å². The molecule has 2 saturated heterocycles. The van der Waals surface area contributed by atoms with E-state index in [0.29, 0.717) is 12.2 Å². The predicted molar refractivity (Wildman–Crippen MR) is 224 cm³/mol. The van der Waals surface area contributed by atoms with Gasteiger partial charge in [-0.05, 0) is 139 Å². The van der Waals surface area contributed by atoms with E-state index in [4.69, 9.17) is 9.47 Å². The molecule has 6 unspecified atom stereocenters. The molecule has 0 aromatic carbocycles. The molecule has 0 amide bonds. The fourth-order valence-corrected chi connectivity index (χ4v) is 7.08. The zero-order chi connectivity index (χ0) is 35.9. The van der Waals surface area contributed by atoms with Gasteiger partial charge in [0, 0.05) is 13.2 Å². The molecule has 50 heavy (non-hydrogen) atoms. The number of hydrogen-bond acceptors (Lipinski definition) is 2. The summed E-state index contributed by atoms with van der Waals surface area (Å²) < 4.78 is 10.8. The van der Waals surface area contributed by atoms with Gasteiger partial charge in [-0.1, -0.05) is 137 Å². The van der Waals surface area contributed by atoms with Gasteiger partial charge in [0.05, 0.1) is 12.2 Å². The van der Waals surface area contributed by atoms with Crippen molar-refractivity contribution >= 4 is 0 Å². The highest BCUT2D eigenvalue weighted by Crippen LogP contribution is 2.28. The van der Waals surface area contributed by atoms with Crippen LogP contribution in [0.3, 0.4) is 0 Å². The molecule has 6 aliphatic rings. The molecule has 0 N–H and O–H groups in total. The van der Waals surface area contributed by atoms with E-state index in [1.807, 2.05) is 0 Å². The maximum atomic E-state index is 5.39. The van der Waals surface area contributed by atoms with Crippen LogP contribution in [0.2, 0.25) is 0 Å². The summed E-state index contributed by atoms with van der Waals surface area (Å²) >= 11 is 0. The highest BCUT2D eigenvalue weighted by molar-refractivity contribution is 5.02. The summed E-state index contributed by atoms with van der Waals surface area (Å²) in [5.41, 5.74) is 3.17. The third-order valence-corrected chi connectivity index (χ3v) is 11.9. The molecule has 0 bridgehead atoms. The number of halogens is 1. The Labute approximate surface area is 315 Å². The summed E-state index contributed by atoms with van der Waals surface area (Å²) in [7, 11) is 0. The van der Waals surface area contributed by atoms with Crippen molar-refractivity contribution in [1.82, 2.24) is 0 Å². The second-order valence-corrected chi connectivity index (χ2v) is 18.2. The highest BCUT2D eigenvalue weighted by atomic mass is 19.0. The Kier molecular flexibility index (Phi) is 31.6. The van der Waals surface area contributed by atoms with Crippen molar-refractivity contribution in [3.05, 3.63) is 23.3 Å². The zero-order valence-electron chi connectivity index (χ0n) is 35.3. The van der Waals surface area contributed by atoms with Crippen LogP contribution < -0.4 is 0 Å². The lowest BCUT2D eigenvalue weighted by atomic mass is 9.84. The second kappa shape index (κ2) is 30.8. The number of hydrogen-bond donors (Lipinski definition) is 0. The maximum Gasteiger partial charge on any atom is 0.0547 e. The fraction of sp³-hybridized carbons (Fsp3) is 0.915. The quantitative estimate of drug-likeness (QED) is 0.233. The SMILES string of the molecule is C.CC1=CCC(C)CC1.CC1=CCC(C)CC1.CC1CCC(C)CC1.CC1CCC(C)CC1.CC1CCC(C)OC1.CC1CCC(C)OC1.F. The summed E-state index contributed by atoms with van der Waals surface area (Å²) in [6.45, 7) is 29.3. The van der Waals surface area contributed by atoms with E-state index in [1.165, 1.54) is 116 Å². The molecule has 2 aliphatic heterocycles. The summed E-state index contributed by atoms with van der Waals surface area (Å²) in [5.74, 6) is 7.56. The Morgan fingerprint density at radius 3 is 0.800 bits per heavy atom. The average Bonchev–Trinajstić information content (AvgIpc) is 3.07. The van der Waals surface area contributed by atoms with Crippen LogP contribution >= 0.6 is 0 Å². The van der Waals surface area contributed by atoms with Gasteiger partial charge in [0.25, 0.3) is 0 Å². The smallest absolute Gasteiger partial charge is 0.0547 e. The largest absolute Gasteiger partial charge is 0.378 e. The van der Waals surface area contributed by atoms with E-state index in [9.17, 15) is 0 Å². The van der Waals surface area contributed by atoms with Gasteiger partial charge in [-0.3, -0.25) is 4.70 Å². The molecular formula is C47H93FO2. The van der Waals surface area contributed by atoms with Gasteiger partial charge in [0.15, 0.2) is 0 Å². The Hall–Kier alpha value is -0.670. The molecule has 3 heteroatoms. The van der Waals surface area contributed by atoms with Crippen LogP contribution in [-0.4, -0.2) is 25.4 Å². The van der Waals surface area contributed by atoms with Gasteiger partial charge in [0.1, 0.15) is 0 Å². The van der Waals surface area contributed by atoms with E-state index < -0.39 is 0 Å². The first-order valence-electron chi connectivity index (χ1n) is 21.3. The van der Waals surface area contributed by atoms with Crippen molar-refractivity contribution in [1.29, 1.82) is 0 Å². The number of rotatable bonds is 0. The summed E-state index contributed by atoms with van der Waals surface area (Å²) in [5, 5.41) is 0. The number of ether oxygens (including phenoxy) is 2. The Bertz CT molecular complexity index is 655. The van der Waals surface area contributed by atoms with Gasteiger partial charge in [0.2, 0.25) is 0 Å². The van der Waals surface area contributed by atoms with E-state index >= 15 is 0 Å². The molecule has 0 aromatic rings. The topological polar surface area (TPSA) is 18.5 Å². The van der Waals surface area contributed by atoms with E-state index in [2.05, 4.69) is 95.2 Å². The monoisotopic (exact) mass is 709 g/mol. The first-order chi connectivity index (χ1) is 22.7. The van der Waals surface area contributed by atoms with Gasteiger partial charge >= 0.3 is 0 Å². The zero-order valence-corrected chi connectivity index (χ0v) is 35.3. The first-order valence-corrected chi connectivity index (χ1v) is 21.3. The molecule has 4 fully saturated rings.